The second kappa shape index (κ2) is 5.96. The van der Waals surface area contributed by atoms with Crippen LogP contribution in [0.1, 0.15) is 5.56 Å². The Labute approximate surface area is 96.1 Å². The number of para-hydroxylation sites is 1. The van der Waals surface area contributed by atoms with E-state index in [1.807, 2.05) is 0 Å². The van der Waals surface area contributed by atoms with Crippen LogP contribution in [0.2, 0.25) is 0 Å². The number of hydrogen-bond donors (Lipinski definition) is 2. The lowest BCUT2D eigenvalue weighted by Crippen LogP contribution is -2.24. The molecule has 0 atom stereocenters. The number of nitrogens with zero attached hydrogens (tertiary/aromatic N) is 1. The Hall–Kier alpha value is -1.76. The molecule has 0 bridgehead atoms. The van der Waals surface area contributed by atoms with Gasteiger partial charge in [-0.2, -0.15) is 13.9 Å². The van der Waals surface area contributed by atoms with Gasteiger partial charge in [0.05, 0.1) is 6.21 Å². The first-order valence-corrected chi connectivity index (χ1v) is 4.63. The standard InChI is InChI=1S/C9H9F2N3OS/c10-8(11)15-7-4-2-1-3-6(7)5-13-14-9(12)16/h1-5,8H,(H3,12,14,16)/b13-5+. The molecule has 0 aliphatic rings. The topological polar surface area (TPSA) is 59.6 Å². The zero-order valence-electron chi connectivity index (χ0n) is 8.06. The molecule has 0 heterocycles. The van der Waals surface area contributed by atoms with Crippen molar-refractivity contribution in [3.63, 3.8) is 0 Å². The minimum Gasteiger partial charge on any atom is -0.434 e. The van der Waals surface area contributed by atoms with Gasteiger partial charge < -0.3 is 10.5 Å². The average molecular weight is 245 g/mol. The van der Waals surface area contributed by atoms with Crippen LogP contribution < -0.4 is 15.9 Å². The minimum absolute atomic E-state index is 0.0106. The normalized spacial score (nSPS) is 10.7. The molecule has 86 valence electrons. The molecule has 4 nitrogen and oxygen atoms in total. The van der Waals surface area contributed by atoms with E-state index >= 15 is 0 Å². The highest BCUT2D eigenvalue weighted by Crippen LogP contribution is 2.18. The lowest BCUT2D eigenvalue weighted by molar-refractivity contribution is -0.0499. The van der Waals surface area contributed by atoms with Crippen molar-refractivity contribution in [1.82, 2.24) is 5.43 Å². The van der Waals surface area contributed by atoms with Crippen molar-refractivity contribution in [2.24, 2.45) is 10.8 Å². The van der Waals surface area contributed by atoms with Crippen LogP contribution in [0.4, 0.5) is 8.78 Å². The van der Waals surface area contributed by atoms with Crippen LogP contribution in [0.25, 0.3) is 0 Å². The number of benzene rings is 1. The van der Waals surface area contributed by atoms with E-state index in [0.717, 1.165) is 0 Å². The molecular weight excluding hydrogens is 236 g/mol. The number of hydrogen-bond acceptors (Lipinski definition) is 3. The van der Waals surface area contributed by atoms with E-state index in [2.05, 4.69) is 27.5 Å². The van der Waals surface area contributed by atoms with Crippen LogP contribution in [0, 0.1) is 0 Å². The summed E-state index contributed by atoms with van der Waals surface area (Å²) in [6.45, 7) is -2.88. The summed E-state index contributed by atoms with van der Waals surface area (Å²) in [5.41, 5.74) is 7.84. The molecule has 0 aliphatic heterocycles. The van der Waals surface area contributed by atoms with Crippen molar-refractivity contribution in [3.8, 4) is 5.75 Å². The summed E-state index contributed by atoms with van der Waals surface area (Å²) in [5, 5.41) is 3.63. The highest BCUT2D eigenvalue weighted by molar-refractivity contribution is 7.80. The maximum absolute atomic E-state index is 12.0. The largest absolute Gasteiger partial charge is 0.434 e. The molecule has 1 rings (SSSR count). The van der Waals surface area contributed by atoms with Crippen molar-refractivity contribution in [1.29, 1.82) is 0 Å². The molecule has 0 spiro atoms. The summed E-state index contributed by atoms with van der Waals surface area (Å²) in [7, 11) is 0. The number of nitrogens with one attached hydrogen (secondary N) is 1. The van der Waals surface area contributed by atoms with E-state index in [9.17, 15) is 8.78 Å². The summed E-state index contributed by atoms with van der Waals surface area (Å²) in [6.07, 6.45) is 1.29. The molecule has 1 aromatic rings. The molecule has 0 fully saturated rings. The second-order valence-corrected chi connectivity index (χ2v) is 3.09. The first kappa shape index (κ1) is 12.3. The predicted octanol–water partition coefficient (Wildman–Crippen LogP) is 1.46. The molecule has 0 saturated carbocycles. The first-order valence-electron chi connectivity index (χ1n) is 4.22. The molecule has 0 unspecified atom stereocenters. The third kappa shape index (κ3) is 4.18. The van der Waals surface area contributed by atoms with Crippen LogP contribution in [0.15, 0.2) is 29.4 Å². The number of alkyl halides is 2. The first-order chi connectivity index (χ1) is 7.59. The quantitative estimate of drug-likeness (QED) is 0.479. The fraction of sp³-hybridized carbons (Fsp3) is 0.111. The van der Waals surface area contributed by atoms with Crippen LogP contribution in [-0.2, 0) is 0 Å². The smallest absolute Gasteiger partial charge is 0.387 e. The van der Waals surface area contributed by atoms with Crippen LogP contribution in [-0.4, -0.2) is 17.9 Å². The monoisotopic (exact) mass is 245 g/mol. The van der Waals surface area contributed by atoms with E-state index in [0.29, 0.717) is 5.56 Å². The van der Waals surface area contributed by atoms with Gasteiger partial charge >= 0.3 is 6.61 Å². The Balaban J connectivity index is 2.78. The highest BCUT2D eigenvalue weighted by Gasteiger charge is 2.07. The maximum atomic E-state index is 12.0. The van der Waals surface area contributed by atoms with Crippen molar-refractivity contribution >= 4 is 23.5 Å². The van der Waals surface area contributed by atoms with Gasteiger partial charge in [0.15, 0.2) is 5.11 Å². The minimum atomic E-state index is -2.88. The van der Waals surface area contributed by atoms with Gasteiger partial charge in [-0.1, -0.05) is 12.1 Å². The van der Waals surface area contributed by atoms with Gasteiger partial charge in [0.2, 0.25) is 0 Å². The van der Waals surface area contributed by atoms with E-state index in [1.54, 1.807) is 18.2 Å². The number of halogens is 2. The van der Waals surface area contributed by atoms with E-state index in [4.69, 9.17) is 5.73 Å². The summed E-state index contributed by atoms with van der Waals surface area (Å²) >= 11 is 4.52. The zero-order chi connectivity index (χ0) is 12.0. The van der Waals surface area contributed by atoms with Gasteiger partial charge in [0.1, 0.15) is 5.75 Å². The van der Waals surface area contributed by atoms with Gasteiger partial charge in [-0.3, -0.25) is 5.43 Å². The van der Waals surface area contributed by atoms with Crippen molar-refractivity contribution < 1.29 is 13.5 Å². The summed E-state index contributed by atoms with van der Waals surface area (Å²) < 4.78 is 28.3. The molecular formula is C9H9F2N3OS. The number of nitrogens with two attached hydrogens (primary N) is 1. The Kier molecular flexibility index (Phi) is 4.59. The molecule has 0 aliphatic carbocycles. The van der Waals surface area contributed by atoms with E-state index in [1.165, 1.54) is 12.3 Å². The van der Waals surface area contributed by atoms with Crippen LogP contribution in [0.5, 0.6) is 5.75 Å². The molecule has 16 heavy (non-hydrogen) atoms. The molecule has 0 aromatic heterocycles. The van der Waals surface area contributed by atoms with Crippen molar-refractivity contribution in [3.05, 3.63) is 29.8 Å². The number of thiocarbonyl (C=S) groups is 1. The second-order valence-electron chi connectivity index (χ2n) is 2.65. The van der Waals surface area contributed by atoms with Gasteiger partial charge in [-0.25, -0.2) is 0 Å². The van der Waals surface area contributed by atoms with Gasteiger partial charge in [-0.15, -0.1) is 0 Å². The summed E-state index contributed by atoms with van der Waals surface area (Å²) in [4.78, 5) is 0. The van der Waals surface area contributed by atoms with Crippen molar-refractivity contribution in [2.75, 3.05) is 0 Å². The van der Waals surface area contributed by atoms with Crippen LogP contribution in [0.3, 0.4) is 0 Å². The average Bonchev–Trinajstić information content (AvgIpc) is 2.19. The summed E-state index contributed by atoms with van der Waals surface area (Å²) in [5.74, 6) is 0.0333. The Morgan fingerprint density at radius 2 is 2.19 bits per heavy atom. The zero-order valence-corrected chi connectivity index (χ0v) is 8.88. The fourth-order valence-corrected chi connectivity index (χ4v) is 1.01. The van der Waals surface area contributed by atoms with Gasteiger partial charge in [0.25, 0.3) is 0 Å². The molecule has 0 saturated heterocycles. The third-order valence-corrected chi connectivity index (χ3v) is 1.60. The van der Waals surface area contributed by atoms with Crippen molar-refractivity contribution in [2.45, 2.75) is 6.61 Å². The maximum Gasteiger partial charge on any atom is 0.387 e. The fourth-order valence-electron chi connectivity index (χ4n) is 0.956. The Morgan fingerprint density at radius 1 is 1.50 bits per heavy atom. The lowest BCUT2D eigenvalue weighted by atomic mass is 10.2. The highest BCUT2D eigenvalue weighted by atomic mass is 32.1. The predicted molar refractivity (Wildman–Crippen MR) is 60.6 cm³/mol. The lowest BCUT2D eigenvalue weighted by Gasteiger charge is -2.06. The van der Waals surface area contributed by atoms with Gasteiger partial charge in [0, 0.05) is 5.56 Å². The van der Waals surface area contributed by atoms with Gasteiger partial charge in [-0.05, 0) is 24.4 Å². The number of ether oxygens (including phenoxy) is 1. The number of rotatable bonds is 4. The number of hydrazone groups is 1. The summed E-state index contributed by atoms with van der Waals surface area (Å²) in [6, 6.07) is 6.23. The molecule has 0 amide bonds. The SMILES string of the molecule is NC(=S)N/N=C/c1ccccc1OC(F)F. The third-order valence-electron chi connectivity index (χ3n) is 1.51. The molecule has 7 heteroatoms. The Bertz CT molecular complexity index is 398. The van der Waals surface area contributed by atoms with Crippen LogP contribution >= 0.6 is 12.2 Å². The molecule has 1 aromatic carbocycles. The molecule has 0 radical (unpaired) electrons. The van der Waals surface area contributed by atoms with E-state index < -0.39 is 6.61 Å². The Morgan fingerprint density at radius 3 is 2.81 bits per heavy atom. The van der Waals surface area contributed by atoms with E-state index in [-0.39, 0.29) is 10.9 Å². The molecule has 3 N–H and O–H groups in total.